The highest BCUT2D eigenvalue weighted by Gasteiger charge is 2.00. The summed E-state index contributed by atoms with van der Waals surface area (Å²) in [6, 6.07) is 4.16. The molecule has 1 aromatic rings. The number of ether oxygens (including phenoxy) is 1. The van der Waals surface area contributed by atoms with E-state index in [9.17, 15) is 0 Å². The molecule has 14 heavy (non-hydrogen) atoms. The van der Waals surface area contributed by atoms with Crippen molar-refractivity contribution in [1.82, 2.24) is 9.88 Å². The zero-order valence-corrected chi connectivity index (χ0v) is 9.16. The van der Waals surface area contributed by atoms with Crippen LogP contribution < -0.4 is 0 Å². The Labute approximate surface area is 85.7 Å². The van der Waals surface area contributed by atoms with Gasteiger partial charge in [0.1, 0.15) is 0 Å². The summed E-state index contributed by atoms with van der Waals surface area (Å²) in [5.41, 5.74) is 2.31. The van der Waals surface area contributed by atoms with E-state index in [0.29, 0.717) is 0 Å². The van der Waals surface area contributed by atoms with Crippen LogP contribution in [0.25, 0.3) is 0 Å². The minimum absolute atomic E-state index is 0.766. The molecule has 1 heterocycles. The minimum atomic E-state index is 0.766. The fraction of sp³-hybridized carbons (Fsp3) is 0.545. The van der Waals surface area contributed by atoms with E-state index in [1.54, 1.807) is 7.11 Å². The molecule has 0 atom stereocenters. The first-order chi connectivity index (χ1) is 6.72. The maximum atomic E-state index is 5.01. The molecule has 0 radical (unpaired) electrons. The van der Waals surface area contributed by atoms with Gasteiger partial charge in [-0.1, -0.05) is 6.07 Å². The Morgan fingerprint density at radius 2 is 2.21 bits per heavy atom. The smallest absolute Gasteiger partial charge is 0.0589 e. The Morgan fingerprint density at radius 1 is 1.43 bits per heavy atom. The monoisotopic (exact) mass is 194 g/mol. The number of pyridine rings is 1. The Kier molecular flexibility index (Phi) is 4.56. The van der Waals surface area contributed by atoms with Gasteiger partial charge < -0.3 is 4.74 Å². The maximum absolute atomic E-state index is 5.01. The van der Waals surface area contributed by atoms with Gasteiger partial charge in [0.05, 0.1) is 12.3 Å². The quantitative estimate of drug-likeness (QED) is 0.709. The van der Waals surface area contributed by atoms with Crippen LogP contribution in [0.1, 0.15) is 11.3 Å². The molecule has 0 unspecified atom stereocenters. The van der Waals surface area contributed by atoms with Crippen LogP contribution in [0.4, 0.5) is 0 Å². The van der Waals surface area contributed by atoms with Gasteiger partial charge in [0.2, 0.25) is 0 Å². The third-order valence-electron chi connectivity index (χ3n) is 2.08. The van der Waals surface area contributed by atoms with Crippen LogP contribution in [0.5, 0.6) is 0 Å². The first-order valence-corrected chi connectivity index (χ1v) is 4.81. The Hall–Kier alpha value is -0.930. The fourth-order valence-electron chi connectivity index (χ4n) is 1.19. The highest BCUT2D eigenvalue weighted by molar-refractivity contribution is 5.11. The lowest BCUT2D eigenvalue weighted by Gasteiger charge is -2.15. The van der Waals surface area contributed by atoms with E-state index < -0.39 is 0 Å². The van der Waals surface area contributed by atoms with Crippen molar-refractivity contribution in [2.75, 3.05) is 27.3 Å². The van der Waals surface area contributed by atoms with Gasteiger partial charge >= 0.3 is 0 Å². The maximum Gasteiger partial charge on any atom is 0.0589 e. The number of methoxy groups -OCH3 is 1. The average molecular weight is 194 g/mol. The van der Waals surface area contributed by atoms with Crippen LogP contribution in [0, 0.1) is 6.92 Å². The van der Waals surface area contributed by atoms with Gasteiger partial charge in [-0.2, -0.15) is 0 Å². The molecule has 1 rings (SSSR count). The summed E-state index contributed by atoms with van der Waals surface area (Å²) in [5.74, 6) is 0. The van der Waals surface area contributed by atoms with E-state index >= 15 is 0 Å². The number of nitrogens with zero attached hydrogens (tertiary/aromatic N) is 2. The summed E-state index contributed by atoms with van der Waals surface area (Å²) in [6.45, 7) is 4.63. The Balaban J connectivity index is 2.39. The van der Waals surface area contributed by atoms with Crippen molar-refractivity contribution < 1.29 is 4.74 Å². The number of likely N-dealkylation sites (N-methyl/N-ethyl adjacent to an activating group) is 1. The van der Waals surface area contributed by atoms with Crippen molar-refractivity contribution in [1.29, 1.82) is 0 Å². The second kappa shape index (κ2) is 5.73. The Morgan fingerprint density at radius 3 is 2.79 bits per heavy atom. The van der Waals surface area contributed by atoms with Crippen LogP contribution >= 0.6 is 0 Å². The highest BCUT2D eigenvalue weighted by Crippen LogP contribution is 2.01. The summed E-state index contributed by atoms with van der Waals surface area (Å²) >= 11 is 0. The first kappa shape index (κ1) is 11.1. The second-order valence-corrected chi connectivity index (χ2v) is 3.56. The minimum Gasteiger partial charge on any atom is -0.383 e. The topological polar surface area (TPSA) is 25.4 Å². The molecule has 3 nitrogen and oxygen atoms in total. The normalized spacial score (nSPS) is 10.9. The molecule has 78 valence electrons. The van der Waals surface area contributed by atoms with Crippen LogP contribution in [0.2, 0.25) is 0 Å². The number of rotatable bonds is 5. The van der Waals surface area contributed by atoms with E-state index in [2.05, 4.69) is 29.1 Å². The highest BCUT2D eigenvalue weighted by atomic mass is 16.5. The molecule has 0 saturated carbocycles. The van der Waals surface area contributed by atoms with E-state index in [4.69, 9.17) is 4.74 Å². The van der Waals surface area contributed by atoms with Crippen molar-refractivity contribution in [3.8, 4) is 0 Å². The van der Waals surface area contributed by atoms with Gasteiger partial charge in [-0.25, -0.2) is 0 Å². The van der Waals surface area contributed by atoms with Gasteiger partial charge in [0.25, 0.3) is 0 Å². The van der Waals surface area contributed by atoms with Gasteiger partial charge in [-0.3, -0.25) is 9.88 Å². The SMILES string of the molecule is COCCN(C)Cc1ccc(C)cn1. The number of aryl methyl sites for hydroxylation is 1. The van der Waals surface area contributed by atoms with Gasteiger partial charge in [0.15, 0.2) is 0 Å². The molecule has 0 aliphatic carbocycles. The lowest BCUT2D eigenvalue weighted by atomic mass is 10.2. The molecular formula is C11H18N2O. The summed E-state index contributed by atoms with van der Waals surface area (Å²) in [6.07, 6.45) is 1.90. The molecule has 1 aromatic heterocycles. The zero-order chi connectivity index (χ0) is 10.4. The van der Waals surface area contributed by atoms with Gasteiger partial charge in [-0.15, -0.1) is 0 Å². The standard InChI is InChI=1S/C11H18N2O/c1-10-4-5-11(12-8-10)9-13(2)6-7-14-3/h4-5,8H,6-7,9H2,1-3H3. The largest absolute Gasteiger partial charge is 0.383 e. The number of hydrogen-bond acceptors (Lipinski definition) is 3. The van der Waals surface area contributed by atoms with Crippen molar-refractivity contribution >= 4 is 0 Å². The molecule has 0 bridgehead atoms. The summed E-state index contributed by atoms with van der Waals surface area (Å²) in [7, 11) is 3.79. The lowest BCUT2D eigenvalue weighted by Crippen LogP contribution is -2.22. The molecule has 0 aromatic carbocycles. The second-order valence-electron chi connectivity index (χ2n) is 3.56. The van der Waals surface area contributed by atoms with Gasteiger partial charge in [-0.05, 0) is 25.6 Å². The predicted octanol–water partition coefficient (Wildman–Crippen LogP) is 1.47. The molecular weight excluding hydrogens is 176 g/mol. The summed E-state index contributed by atoms with van der Waals surface area (Å²) in [5, 5.41) is 0. The zero-order valence-electron chi connectivity index (χ0n) is 9.16. The fourth-order valence-corrected chi connectivity index (χ4v) is 1.19. The Bertz CT molecular complexity index is 258. The van der Waals surface area contributed by atoms with E-state index in [-0.39, 0.29) is 0 Å². The molecule has 0 fully saturated rings. The van der Waals surface area contributed by atoms with Crippen LogP contribution in [-0.2, 0) is 11.3 Å². The molecule has 0 amide bonds. The van der Waals surface area contributed by atoms with Crippen molar-refractivity contribution in [3.05, 3.63) is 29.6 Å². The van der Waals surface area contributed by atoms with E-state index in [0.717, 1.165) is 25.4 Å². The lowest BCUT2D eigenvalue weighted by molar-refractivity contribution is 0.158. The summed E-state index contributed by atoms with van der Waals surface area (Å²) < 4.78 is 5.01. The van der Waals surface area contributed by atoms with Crippen molar-refractivity contribution in [2.45, 2.75) is 13.5 Å². The van der Waals surface area contributed by atoms with E-state index in [1.807, 2.05) is 13.1 Å². The van der Waals surface area contributed by atoms with Crippen molar-refractivity contribution in [2.24, 2.45) is 0 Å². The van der Waals surface area contributed by atoms with Crippen LogP contribution in [0.15, 0.2) is 18.3 Å². The molecule has 3 heteroatoms. The third-order valence-corrected chi connectivity index (χ3v) is 2.08. The van der Waals surface area contributed by atoms with Crippen LogP contribution in [-0.4, -0.2) is 37.2 Å². The third kappa shape index (κ3) is 3.85. The molecule has 0 saturated heterocycles. The average Bonchev–Trinajstić information content (AvgIpc) is 2.18. The number of hydrogen-bond donors (Lipinski definition) is 0. The molecule has 0 aliphatic rings. The van der Waals surface area contributed by atoms with Crippen LogP contribution in [0.3, 0.4) is 0 Å². The summed E-state index contributed by atoms with van der Waals surface area (Å²) in [4.78, 5) is 6.54. The first-order valence-electron chi connectivity index (χ1n) is 4.81. The molecule has 0 spiro atoms. The predicted molar refractivity (Wildman–Crippen MR) is 57.2 cm³/mol. The number of aromatic nitrogens is 1. The van der Waals surface area contributed by atoms with Gasteiger partial charge in [0, 0.05) is 26.4 Å². The molecule has 0 N–H and O–H groups in total. The van der Waals surface area contributed by atoms with Crippen molar-refractivity contribution in [3.63, 3.8) is 0 Å². The van der Waals surface area contributed by atoms with E-state index in [1.165, 1.54) is 5.56 Å². The molecule has 0 aliphatic heterocycles.